The summed E-state index contributed by atoms with van der Waals surface area (Å²) >= 11 is 4.76. The van der Waals surface area contributed by atoms with Gasteiger partial charge in [-0.2, -0.15) is 0 Å². The number of fused-ring (bicyclic) bond motifs is 1. The predicted octanol–water partition coefficient (Wildman–Crippen LogP) is 5.88. The first-order chi connectivity index (χ1) is 14.0. The molecule has 0 saturated heterocycles. The zero-order chi connectivity index (χ0) is 20.5. The van der Waals surface area contributed by atoms with Crippen LogP contribution in [0.5, 0.6) is 5.75 Å². The van der Waals surface area contributed by atoms with Gasteiger partial charge in [0.25, 0.3) is 5.91 Å². The molecule has 4 rings (SSSR count). The number of carbonyl (C=O) groups excluding carboxylic acids is 1. The summed E-state index contributed by atoms with van der Waals surface area (Å²) in [6.07, 6.45) is 0. The van der Waals surface area contributed by atoms with Gasteiger partial charge >= 0.3 is 0 Å². The summed E-state index contributed by atoms with van der Waals surface area (Å²) in [6.45, 7) is 1.97. The average molecular weight is 468 g/mol. The zero-order valence-corrected chi connectivity index (χ0v) is 18.2. The Hall–Kier alpha value is -2.90. The molecule has 0 saturated carbocycles. The van der Waals surface area contributed by atoms with Crippen LogP contribution in [0.3, 0.4) is 0 Å². The van der Waals surface area contributed by atoms with Gasteiger partial charge in [-0.05, 0) is 67.1 Å². The Morgan fingerprint density at radius 3 is 2.59 bits per heavy atom. The maximum absolute atomic E-state index is 12.8. The van der Waals surface area contributed by atoms with E-state index < -0.39 is 0 Å². The number of benzene rings is 2. The summed E-state index contributed by atoms with van der Waals surface area (Å²) in [6, 6.07) is 17.2. The van der Waals surface area contributed by atoms with Crippen LogP contribution in [-0.4, -0.2) is 18.0 Å². The largest absolute Gasteiger partial charge is 0.497 e. The van der Waals surface area contributed by atoms with Crippen molar-refractivity contribution in [1.29, 1.82) is 0 Å². The van der Waals surface area contributed by atoms with Gasteiger partial charge in [0, 0.05) is 21.1 Å². The molecule has 0 unspecified atom stereocenters. The molecule has 0 spiro atoms. The molecule has 4 aromatic rings. The first kappa shape index (κ1) is 19.4. The normalized spacial score (nSPS) is 10.9. The summed E-state index contributed by atoms with van der Waals surface area (Å²) < 4.78 is 6.19. The van der Waals surface area contributed by atoms with Gasteiger partial charge in [0.15, 0.2) is 0 Å². The number of anilines is 2. The molecule has 0 fully saturated rings. The molecule has 5 nitrogen and oxygen atoms in total. The molecule has 3 N–H and O–H groups in total. The number of nitrogen functional groups attached to an aromatic ring is 1. The molecule has 0 bridgehead atoms. The second-order valence-electron chi connectivity index (χ2n) is 6.54. The molecule has 0 aliphatic rings. The van der Waals surface area contributed by atoms with E-state index in [0.29, 0.717) is 10.6 Å². The number of rotatable bonds is 4. The molecular weight excluding hydrogens is 450 g/mol. The molecule has 0 aliphatic carbocycles. The first-order valence-electron chi connectivity index (χ1n) is 8.87. The smallest absolute Gasteiger partial charge is 0.267 e. The number of nitrogens with zero attached hydrogens (tertiary/aromatic N) is 1. The molecule has 2 aromatic carbocycles. The second kappa shape index (κ2) is 7.85. The molecule has 2 aromatic heterocycles. The van der Waals surface area contributed by atoms with Gasteiger partial charge in [0.05, 0.1) is 18.5 Å². The second-order valence-corrected chi connectivity index (χ2v) is 8.39. The van der Waals surface area contributed by atoms with E-state index in [1.54, 1.807) is 7.11 Å². The number of hydrogen-bond donors (Lipinski definition) is 2. The van der Waals surface area contributed by atoms with Crippen LogP contribution in [0.4, 0.5) is 11.4 Å². The van der Waals surface area contributed by atoms with Crippen molar-refractivity contribution < 1.29 is 9.53 Å². The van der Waals surface area contributed by atoms with Crippen molar-refractivity contribution in [2.24, 2.45) is 0 Å². The Kier molecular flexibility index (Phi) is 5.25. The van der Waals surface area contributed by atoms with Gasteiger partial charge in [-0.3, -0.25) is 4.79 Å². The van der Waals surface area contributed by atoms with Crippen LogP contribution >= 0.6 is 27.3 Å². The quantitative estimate of drug-likeness (QED) is 0.392. The molecule has 29 heavy (non-hydrogen) atoms. The third-order valence-corrected chi connectivity index (χ3v) is 6.61. The lowest BCUT2D eigenvalue weighted by atomic mass is 10.1. The number of carbonyl (C=O) groups is 1. The first-order valence-corrected chi connectivity index (χ1v) is 10.5. The number of pyridine rings is 1. The van der Waals surface area contributed by atoms with Gasteiger partial charge in [0.1, 0.15) is 15.5 Å². The fourth-order valence-corrected chi connectivity index (χ4v) is 4.23. The highest BCUT2D eigenvalue weighted by Gasteiger charge is 2.18. The summed E-state index contributed by atoms with van der Waals surface area (Å²) in [7, 11) is 1.63. The minimum atomic E-state index is -0.238. The van der Waals surface area contributed by atoms with Crippen LogP contribution in [0.2, 0.25) is 0 Å². The Morgan fingerprint density at radius 1 is 1.14 bits per heavy atom. The summed E-state index contributed by atoms with van der Waals surface area (Å²) in [5, 5.41) is 3.70. The lowest BCUT2D eigenvalue weighted by Gasteiger charge is -2.06. The van der Waals surface area contributed by atoms with Crippen LogP contribution < -0.4 is 15.8 Å². The monoisotopic (exact) mass is 467 g/mol. The number of methoxy groups -OCH3 is 1. The fourth-order valence-electron chi connectivity index (χ4n) is 3.00. The number of thiophene rings is 1. The van der Waals surface area contributed by atoms with E-state index >= 15 is 0 Å². The van der Waals surface area contributed by atoms with Gasteiger partial charge in [-0.25, -0.2) is 4.98 Å². The molecule has 0 radical (unpaired) electrons. The van der Waals surface area contributed by atoms with E-state index in [1.807, 2.05) is 61.5 Å². The Bertz CT molecular complexity index is 1220. The van der Waals surface area contributed by atoms with E-state index in [1.165, 1.54) is 11.3 Å². The third kappa shape index (κ3) is 3.83. The van der Waals surface area contributed by atoms with E-state index in [9.17, 15) is 4.79 Å². The lowest BCUT2D eigenvalue weighted by molar-refractivity contribution is 0.103. The zero-order valence-electron chi connectivity index (χ0n) is 15.8. The fraction of sp³-hybridized carbons (Fsp3) is 0.0909. The van der Waals surface area contributed by atoms with Crippen LogP contribution in [0.15, 0.2) is 59.1 Å². The summed E-state index contributed by atoms with van der Waals surface area (Å²) in [5.74, 6) is 0.551. The standard InChI is InChI=1S/C22H18BrN3O2S/c1-12-11-14(5-9-17(12)23)25-21(27)20-19(24)16-8-10-18(26-22(16)29-20)13-3-6-15(28-2)7-4-13/h3-11H,24H2,1-2H3,(H,25,27). The predicted molar refractivity (Wildman–Crippen MR) is 123 cm³/mol. The number of aromatic nitrogens is 1. The molecular formula is C22H18BrN3O2S. The molecule has 146 valence electrons. The van der Waals surface area contributed by atoms with Crippen LogP contribution in [0.25, 0.3) is 21.5 Å². The number of hydrogen-bond acceptors (Lipinski definition) is 5. The van der Waals surface area contributed by atoms with E-state index in [4.69, 9.17) is 15.5 Å². The molecule has 2 heterocycles. The topological polar surface area (TPSA) is 77.2 Å². The van der Waals surface area contributed by atoms with Crippen molar-refractivity contribution >= 4 is 54.8 Å². The highest BCUT2D eigenvalue weighted by atomic mass is 79.9. The van der Waals surface area contributed by atoms with Crippen LogP contribution in [0, 0.1) is 6.92 Å². The highest BCUT2D eigenvalue weighted by molar-refractivity contribution is 9.10. The lowest BCUT2D eigenvalue weighted by Crippen LogP contribution is -2.12. The molecule has 0 atom stereocenters. The maximum atomic E-state index is 12.8. The van der Waals surface area contributed by atoms with Gasteiger partial charge in [-0.15, -0.1) is 11.3 Å². The van der Waals surface area contributed by atoms with Gasteiger partial charge in [0.2, 0.25) is 0 Å². The number of aryl methyl sites for hydroxylation is 1. The molecule has 1 amide bonds. The molecule has 0 aliphatic heterocycles. The van der Waals surface area contributed by atoms with Crippen LogP contribution in [0.1, 0.15) is 15.2 Å². The van der Waals surface area contributed by atoms with Crippen molar-refractivity contribution in [2.75, 3.05) is 18.2 Å². The number of nitrogens with one attached hydrogen (secondary N) is 1. The minimum Gasteiger partial charge on any atom is -0.497 e. The highest BCUT2D eigenvalue weighted by Crippen LogP contribution is 2.35. The van der Waals surface area contributed by atoms with Gasteiger partial charge in [-0.1, -0.05) is 15.9 Å². The Morgan fingerprint density at radius 2 is 1.90 bits per heavy atom. The van der Waals surface area contributed by atoms with Crippen molar-refractivity contribution in [3.8, 4) is 17.0 Å². The van der Waals surface area contributed by atoms with E-state index in [2.05, 4.69) is 21.2 Å². The number of nitrogens with two attached hydrogens (primary N) is 1. The number of halogens is 1. The third-order valence-electron chi connectivity index (χ3n) is 4.60. The molecule has 7 heteroatoms. The van der Waals surface area contributed by atoms with E-state index in [0.717, 1.165) is 42.9 Å². The average Bonchev–Trinajstić information content (AvgIpc) is 3.07. The number of ether oxygens (including phenoxy) is 1. The van der Waals surface area contributed by atoms with Crippen molar-refractivity contribution in [3.63, 3.8) is 0 Å². The summed E-state index contributed by atoms with van der Waals surface area (Å²) in [4.78, 5) is 18.7. The van der Waals surface area contributed by atoms with Crippen molar-refractivity contribution in [2.45, 2.75) is 6.92 Å². The Labute approximate surface area is 180 Å². The Balaban J connectivity index is 1.65. The SMILES string of the molecule is COc1ccc(-c2ccc3c(N)c(C(=O)Nc4ccc(Br)c(C)c4)sc3n2)cc1. The van der Waals surface area contributed by atoms with E-state index in [-0.39, 0.29) is 5.91 Å². The van der Waals surface area contributed by atoms with Crippen LogP contribution in [-0.2, 0) is 0 Å². The number of amides is 1. The van der Waals surface area contributed by atoms with Crippen molar-refractivity contribution in [1.82, 2.24) is 4.98 Å². The van der Waals surface area contributed by atoms with Crippen molar-refractivity contribution in [3.05, 3.63) is 69.5 Å². The maximum Gasteiger partial charge on any atom is 0.267 e. The summed E-state index contributed by atoms with van der Waals surface area (Å²) in [5.41, 5.74) is 10.3. The van der Waals surface area contributed by atoms with Gasteiger partial charge < -0.3 is 15.8 Å². The minimum absolute atomic E-state index is 0.238.